The number of halogens is 2. The van der Waals surface area contributed by atoms with Crippen LogP contribution in [0.2, 0.25) is 10.0 Å². The van der Waals surface area contributed by atoms with E-state index in [0.717, 1.165) is 16.7 Å². The van der Waals surface area contributed by atoms with E-state index in [1.54, 1.807) is 30.3 Å². The molecule has 7 nitrogen and oxygen atoms in total. The van der Waals surface area contributed by atoms with Crippen molar-refractivity contribution in [2.75, 3.05) is 10.6 Å². The summed E-state index contributed by atoms with van der Waals surface area (Å²) in [7, 11) is -4.52. The van der Waals surface area contributed by atoms with Crippen molar-refractivity contribution in [3.8, 4) is 5.75 Å². The van der Waals surface area contributed by atoms with E-state index >= 15 is 0 Å². The maximum atomic E-state index is 13.4. The molecular weight excluding hydrogens is 673 g/mol. The van der Waals surface area contributed by atoms with E-state index in [9.17, 15) is 13.2 Å². The van der Waals surface area contributed by atoms with E-state index in [1.807, 2.05) is 27.7 Å². The van der Waals surface area contributed by atoms with Gasteiger partial charge in [-0.25, -0.2) is 4.72 Å². The Kier molecular flexibility index (Phi) is 13.2. The number of anilines is 2. The van der Waals surface area contributed by atoms with Crippen molar-refractivity contribution in [2.45, 2.75) is 105 Å². The summed E-state index contributed by atoms with van der Waals surface area (Å²) in [6.07, 6.45) is -0.0821. The Labute approximate surface area is 296 Å². The molecule has 1 amide bonds. The fourth-order valence-corrected chi connectivity index (χ4v) is 6.96. The van der Waals surface area contributed by atoms with Gasteiger partial charge in [-0.2, -0.15) is 8.42 Å². The van der Waals surface area contributed by atoms with Gasteiger partial charge in [0.05, 0.1) is 6.42 Å². The summed E-state index contributed by atoms with van der Waals surface area (Å²) < 4.78 is 34.8. The molecule has 0 atom stereocenters. The van der Waals surface area contributed by atoms with Gasteiger partial charge in [-0.05, 0) is 94.4 Å². The molecule has 0 saturated heterocycles. The van der Waals surface area contributed by atoms with Gasteiger partial charge in [0.25, 0.3) is 0 Å². The number of carbonyl (C=O) groups excluding carboxylic acids is 1. The SMILES string of the molecule is CC(C)c1cc(C(C)C)c(CC(=O)NS(=O)(=O)Oc2c(C(C)C)cc(NC(=S)Nc3cc(Cl)cc(Cl)c3)cc2C(C)C)c(C(C)C)c1. The van der Waals surface area contributed by atoms with Crippen LogP contribution >= 0.6 is 35.4 Å². The summed E-state index contributed by atoms with van der Waals surface area (Å²) in [4.78, 5) is 13.4. The third-order valence-electron chi connectivity index (χ3n) is 7.79. The molecule has 0 aromatic heterocycles. The van der Waals surface area contributed by atoms with Crippen LogP contribution in [0.3, 0.4) is 0 Å². The molecule has 256 valence electrons. The molecule has 47 heavy (non-hydrogen) atoms. The highest BCUT2D eigenvalue weighted by atomic mass is 35.5. The molecule has 11 heteroatoms. The average molecular weight is 721 g/mol. The normalized spacial score (nSPS) is 11.9. The molecular formula is C36H47Cl2N3O4S2. The minimum atomic E-state index is -4.52. The van der Waals surface area contributed by atoms with Gasteiger partial charge in [0.1, 0.15) is 0 Å². The van der Waals surface area contributed by atoms with Crippen LogP contribution in [0.25, 0.3) is 0 Å². The number of carbonyl (C=O) groups is 1. The van der Waals surface area contributed by atoms with Gasteiger partial charge in [0, 0.05) is 32.5 Å². The summed E-state index contributed by atoms with van der Waals surface area (Å²) in [5.41, 5.74) is 6.69. The fraction of sp³-hybridized carbons (Fsp3) is 0.444. The lowest BCUT2D eigenvalue weighted by molar-refractivity contribution is -0.118. The monoisotopic (exact) mass is 719 g/mol. The van der Waals surface area contributed by atoms with Crippen molar-refractivity contribution >= 4 is 68.1 Å². The van der Waals surface area contributed by atoms with Crippen LogP contribution in [0.4, 0.5) is 11.4 Å². The maximum Gasteiger partial charge on any atom is 0.409 e. The predicted octanol–water partition coefficient (Wildman–Crippen LogP) is 10.4. The van der Waals surface area contributed by atoms with E-state index in [4.69, 9.17) is 39.6 Å². The van der Waals surface area contributed by atoms with Gasteiger partial charge in [-0.3, -0.25) is 4.79 Å². The van der Waals surface area contributed by atoms with Crippen molar-refractivity contribution in [2.24, 2.45) is 0 Å². The molecule has 3 aromatic carbocycles. The molecule has 0 unspecified atom stereocenters. The lowest BCUT2D eigenvalue weighted by atomic mass is 9.83. The largest absolute Gasteiger partial charge is 0.409 e. The molecule has 0 radical (unpaired) electrons. The first-order chi connectivity index (χ1) is 21.8. The Morgan fingerprint density at radius 2 is 1.11 bits per heavy atom. The highest BCUT2D eigenvalue weighted by molar-refractivity contribution is 7.85. The zero-order valence-corrected chi connectivity index (χ0v) is 32.0. The molecule has 3 N–H and O–H groups in total. The van der Waals surface area contributed by atoms with Crippen LogP contribution in [0.1, 0.15) is 132 Å². The summed E-state index contributed by atoms with van der Waals surface area (Å²) in [6.45, 7) is 20.4. The van der Waals surface area contributed by atoms with Gasteiger partial charge >= 0.3 is 10.3 Å². The quantitative estimate of drug-likeness (QED) is 0.160. The average Bonchev–Trinajstić information content (AvgIpc) is 2.91. The minimum Gasteiger partial charge on any atom is -0.366 e. The molecule has 0 saturated carbocycles. The van der Waals surface area contributed by atoms with E-state index in [0.29, 0.717) is 43.6 Å². The number of hydrogen-bond donors (Lipinski definition) is 3. The fourth-order valence-electron chi connectivity index (χ4n) is 5.40. The van der Waals surface area contributed by atoms with Gasteiger partial charge in [-0.1, -0.05) is 105 Å². The van der Waals surface area contributed by atoms with E-state index in [-0.39, 0.29) is 35.8 Å². The molecule has 3 aromatic rings. The summed E-state index contributed by atoms with van der Waals surface area (Å²) in [6, 6.07) is 12.9. The molecule has 0 fully saturated rings. The first kappa shape index (κ1) is 38.6. The molecule has 0 heterocycles. The van der Waals surface area contributed by atoms with Crippen molar-refractivity contribution in [3.05, 3.63) is 85.9 Å². The first-order valence-corrected chi connectivity index (χ1v) is 18.5. The van der Waals surface area contributed by atoms with Crippen LogP contribution in [-0.2, 0) is 21.5 Å². The Morgan fingerprint density at radius 1 is 0.681 bits per heavy atom. The number of amides is 1. The van der Waals surface area contributed by atoms with Gasteiger partial charge in [0.15, 0.2) is 10.9 Å². The Hall–Kier alpha value is -2.85. The van der Waals surface area contributed by atoms with Crippen molar-refractivity contribution in [1.82, 2.24) is 4.72 Å². The zero-order chi connectivity index (χ0) is 35.4. The van der Waals surface area contributed by atoms with E-state index < -0.39 is 16.2 Å². The number of hydrogen-bond acceptors (Lipinski definition) is 5. The molecule has 3 rings (SSSR count). The number of benzene rings is 3. The minimum absolute atomic E-state index is 0.0821. The summed E-state index contributed by atoms with van der Waals surface area (Å²) >= 11 is 17.8. The lowest BCUT2D eigenvalue weighted by Crippen LogP contribution is -2.36. The smallest absolute Gasteiger partial charge is 0.366 e. The molecule has 0 aliphatic carbocycles. The number of nitrogens with one attached hydrogen (secondary N) is 3. The molecule has 0 bridgehead atoms. The van der Waals surface area contributed by atoms with Crippen molar-refractivity contribution < 1.29 is 17.4 Å². The van der Waals surface area contributed by atoms with E-state index in [1.165, 1.54) is 5.56 Å². The first-order valence-electron chi connectivity index (χ1n) is 15.9. The van der Waals surface area contributed by atoms with Crippen LogP contribution in [0.15, 0.2) is 42.5 Å². The Morgan fingerprint density at radius 3 is 1.51 bits per heavy atom. The van der Waals surface area contributed by atoms with E-state index in [2.05, 4.69) is 69.0 Å². The topological polar surface area (TPSA) is 96.5 Å². The van der Waals surface area contributed by atoms with Crippen LogP contribution < -0.4 is 19.5 Å². The van der Waals surface area contributed by atoms with Crippen LogP contribution in [0, 0.1) is 0 Å². The standard InChI is InChI=1S/C36H47Cl2N3O4S2/c1-19(2)24-11-29(20(3)4)33(30(12-24)21(5)6)18-34(42)41-47(43,44)45-35-31(22(7)8)16-28(17-32(35)23(9)10)40-36(46)39-27-14-25(37)13-26(38)15-27/h11-17,19-23H,18H2,1-10H3,(H,41,42)(H2,39,40,46). The number of rotatable bonds is 12. The molecule has 0 spiro atoms. The van der Waals surface area contributed by atoms with Crippen LogP contribution in [-0.4, -0.2) is 19.4 Å². The number of thiocarbonyl (C=S) groups is 1. The van der Waals surface area contributed by atoms with Gasteiger partial charge in [0.2, 0.25) is 5.91 Å². The summed E-state index contributed by atoms with van der Waals surface area (Å²) in [5, 5.41) is 7.46. The van der Waals surface area contributed by atoms with Gasteiger partial charge < -0.3 is 14.8 Å². The Bertz CT molecular complexity index is 1660. The second-order valence-electron chi connectivity index (χ2n) is 13.4. The third-order valence-corrected chi connectivity index (χ3v) is 9.29. The maximum absolute atomic E-state index is 13.4. The highest BCUT2D eigenvalue weighted by Crippen LogP contribution is 2.39. The molecule has 0 aliphatic heterocycles. The second kappa shape index (κ2) is 16.0. The third kappa shape index (κ3) is 10.6. The van der Waals surface area contributed by atoms with Gasteiger partial charge in [-0.15, -0.1) is 0 Å². The van der Waals surface area contributed by atoms with Crippen molar-refractivity contribution in [1.29, 1.82) is 0 Å². The van der Waals surface area contributed by atoms with Crippen molar-refractivity contribution in [3.63, 3.8) is 0 Å². The predicted molar refractivity (Wildman–Crippen MR) is 201 cm³/mol. The second-order valence-corrected chi connectivity index (χ2v) is 16.0. The zero-order valence-electron chi connectivity index (χ0n) is 28.8. The Balaban J connectivity index is 1.91. The molecule has 0 aliphatic rings. The highest BCUT2D eigenvalue weighted by Gasteiger charge is 2.26. The lowest BCUT2D eigenvalue weighted by Gasteiger charge is -2.23. The van der Waals surface area contributed by atoms with Crippen LogP contribution in [0.5, 0.6) is 5.75 Å². The summed E-state index contributed by atoms with van der Waals surface area (Å²) in [5.74, 6) is -0.0739.